The molecule has 1 aromatic carbocycles. The molecule has 0 bridgehead atoms. The van der Waals surface area contributed by atoms with E-state index in [-0.39, 0.29) is 5.82 Å². The number of benzene rings is 1. The maximum Gasteiger partial charge on any atom is 0.123 e. The van der Waals surface area contributed by atoms with Crippen LogP contribution in [0.1, 0.15) is 5.82 Å². The van der Waals surface area contributed by atoms with Crippen LogP contribution in [0, 0.1) is 5.82 Å². The standard InChI is InChI=1S/C22H20FN3OS/c1-3-5-19(28(2)27)6-4-7-20-25-21(16-8-10-18(23)11-9-16)22(26-20)17-12-14-24-15-13-17/h3-6,8-15H,1,7H2,2H3,(H,25,26)/b6-4-,19-5+. The van der Waals surface area contributed by atoms with E-state index in [4.69, 9.17) is 4.98 Å². The van der Waals surface area contributed by atoms with E-state index in [2.05, 4.69) is 16.5 Å². The lowest BCUT2D eigenvalue weighted by Crippen LogP contribution is -1.89. The number of nitrogens with one attached hydrogen (secondary N) is 1. The van der Waals surface area contributed by atoms with Gasteiger partial charge in [-0.05, 0) is 48.6 Å². The normalized spacial score (nSPS) is 13.0. The monoisotopic (exact) mass is 393 g/mol. The van der Waals surface area contributed by atoms with Gasteiger partial charge in [0.05, 0.1) is 11.4 Å². The minimum atomic E-state index is -1.09. The van der Waals surface area contributed by atoms with E-state index in [1.807, 2.05) is 24.3 Å². The second-order valence-corrected chi connectivity index (χ2v) is 7.39. The summed E-state index contributed by atoms with van der Waals surface area (Å²) >= 11 is 0. The van der Waals surface area contributed by atoms with Crippen molar-refractivity contribution in [3.8, 4) is 22.5 Å². The van der Waals surface area contributed by atoms with Crippen LogP contribution in [0.2, 0.25) is 0 Å². The maximum absolute atomic E-state index is 13.3. The Hall–Kier alpha value is -3.12. The molecule has 6 heteroatoms. The van der Waals surface area contributed by atoms with Crippen LogP contribution in [-0.2, 0) is 17.2 Å². The van der Waals surface area contributed by atoms with Crippen LogP contribution in [0.4, 0.5) is 4.39 Å². The Balaban J connectivity index is 1.95. The van der Waals surface area contributed by atoms with Crippen LogP contribution < -0.4 is 0 Å². The summed E-state index contributed by atoms with van der Waals surface area (Å²) in [7, 11) is -1.09. The lowest BCUT2D eigenvalue weighted by atomic mass is 10.1. The molecule has 0 aliphatic carbocycles. The topological polar surface area (TPSA) is 58.6 Å². The zero-order valence-corrected chi connectivity index (χ0v) is 16.2. The van der Waals surface area contributed by atoms with Crippen molar-refractivity contribution < 1.29 is 8.60 Å². The number of rotatable bonds is 7. The number of hydrogen-bond acceptors (Lipinski definition) is 3. The average Bonchev–Trinajstić information content (AvgIpc) is 3.12. The van der Waals surface area contributed by atoms with Crippen LogP contribution in [0.5, 0.6) is 0 Å². The van der Waals surface area contributed by atoms with E-state index in [1.54, 1.807) is 42.9 Å². The molecule has 0 fully saturated rings. The van der Waals surface area contributed by atoms with Gasteiger partial charge in [0, 0.05) is 51.9 Å². The largest absolute Gasteiger partial charge is 0.341 e. The molecule has 0 aliphatic heterocycles. The van der Waals surface area contributed by atoms with Gasteiger partial charge >= 0.3 is 0 Å². The first-order chi connectivity index (χ1) is 13.6. The number of pyridine rings is 1. The highest BCUT2D eigenvalue weighted by Gasteiger charge is 2.13. The van der Waals surface area contributed by atoms with Gasteiger partial charge in [-0.2, -0.15) is 0 Å². The Morgan fingerprint density at radius 1 is 1.18 bits per heavy atom. The van der Waals surface area contributed by atoms with Gasteiger partial charge in [0.1, 0.15) is 11.6 Å². The van der Waals surface area contributed by atoms with Crippen molar-refractivity contribution in [2.45, 2.75) is 6.42 Å². The molecule has 0 radical (unpaired) electrons. The molecule has 0 amide bonds. The molecule has 0 saturated heterocycles. The smallest absolute Gasteiger partial charge is 0.123 e. The van der Waals surface area contributed by atoms with Crippen LogP contribution in [0.15, 0.2) is 84.6 Å². The number of allylic oxidation sites excluding steroid dienone is 4. The predicted octanol–water partition coefficient (Wildman–Crippen LogP) is 4.82. The van der Waals surface area contributed by atoms with Gasteiger partial charge in [-0.1, -0.05) is 18.7 Å². The molecule has 3 rings (SSSR count). The number of imidazole rings is 1. The Morgan fingerprint density at radius 2 is 1.89 bits per heavy atom. The molecule has 1 atom stereocenters. The lowest BCUT2D eigenvalue weighted by Gasteiger charge is -2.02. The quantitative estimate of drug-likeness (QED) is 0.585. The summed E-state index contributed by atoms with van der Waals surface area (Å²) < 4.78 is 25.0. The van der Waals surface area contributed by atoms with Crippen molar-refractivity contribution in [1.29, 1.82) is 0 Å². The summed E-state index contributed by atoms with van der Waals surface area (Å²) in [6, 6.07) is 10.0. The van der Waals surface area contributed by atoms with Gasteiger partial charge in [-0.25, -0.2) is 9.37 Å². The van der Waals surface area contributed by atoms with Crippen LogP contribution >= 0.6 is 0 Å². The number of hydrogen-bond donors (Lipinski definition) is 1. The molecule has 1 unspecified atom stereocenters. The summed E-state index contributed by atoms with van der Waals surface area (Å²) in [5, 5.41) is 0. The lowest BCUT2D eigenvalue weighted by molar-refractivity contribution is 0.628. The molecule has 2 heterocycles. The molecule has 2 aromatic heterocycles. The molecule has 28 heavy (non-hydrogen) atoms. The Bertz CT molecular complexity index is 1040. The third kappa shape index (κ3) is 4.78. The summed E-state index contributed by atoms with van der Waals surface area (Å²) in [6.07, 6.45) is 12.6. The fraction of sp³-hybridized carbons (Fsp3) is 0.0909. The highest BCUT2D eigenvalue weighted by Crippen LogP contribution is 2.30. The number of aromatic nitrogens is 3. The van der Waals surface area contributed by atoms with E-state index >= 15 is 0 Å². The fourth-order valence-electron chi connectivity index (χ4n) is 2.71. The highest BCUT2D eigenvalue weighted by atomic mass is 32.2. The van der Waals surface area contributed by atoms with E-state index in [0.717, 1.165) is 28.3 Å². The number of aromatic amines is 1. The first-order valence-corrected chi connectivity index (χ1v) is 10.2. The molecule has 3 aromatic rings. The summed E-state index contributed by atoms with van der Waals surface area (Å²) in [5.74, 6) is 0.462. The molecule has 0 aliphatic rings. The summed E-state index contributed by atoms with van der Waals surface area (Å²) in [5.41, 5.74) is 3.36. The maximum atomic E-state index is 13.3. The molecule has 0 spiro atoms. The first-order valence-electron chi connectivity index (χ1n) is 8.66. The molecule has 4 nitrogen and oxygen atoms in total. The second-order valence-electron chi connectivity index (χ2n) is 6.02. The zero-order chi connectivity index (χ0) is 19.9. The minimum absolute atomic E-state index is 0.290. The van der Waals surface area contributed by atoms with Crippen LogP contribution in [0.3, 0.4) is 0 Å². The van der Waals surface area contributed by atoms with Crippen molar-refractivity contribution >= 4 is 10.8 Å². The SMILES string of the molecule is C=C/C=C(\C=C/Cc1nc(-c2ccc(F)cc2)c(-c2ccncc2)[nH]1)S(C)=O. The summed E-state index contributed by atoms with van der Waals surface area (Å²) in [4.78, 5) is 12.8. The van der Waals surface area contributed by atoms with E-state index < -0.39 is 10.8 Å². The van der Waals surface area contributed by atoms with E-state index in [9.17, 15) is 8.60 Å². The third-order valence-corrected chi connectivity index (χ3v) is 4.98. The van der Waals surface area contributed by atoms with Crippen molar-refractivity contribution in [2.24, 2.45) is 0 Å². The molecule has 1 N–H and O–H groups in total. The second kappa shape index (κ2) is 9.19. The van der Waals surface area contributed by atoms with Gasteiger partial charge in [0.25, 0.3) is 0 Å². The molecule has 142 valence electrons. The molecular weight excluding hydrogens is 373 g/mol. The van der Waals surface area contributed by atoms with E-state index in [0.29, 0.717) is 11.3 Å². The van der Waals surface area contributed by atoms with Crippen molar-refractivity contribution in [3.63, 3.8) is 0 Å². The fourth-order valence-corrected chi connectivity index (χ4v) is 3.29. The van der Waals surface area contributed by atoms with Crippen molar-refractivity contribution in [3.05, 3.63) is 96.2 Å². The Kier molecular flexibility index (Phi) is 6.45. The highest BCUT2D eigenvalue weighted by molar-refractivity contribution is 7.88. The predicted molar refractivity (Wildman–Crippen MR) is 112 cm³/mol. The summed E-state index contributed by atoms with van der Waals surface area (Å²) in [6.45, 7) is 3.64. The Labute approximate surface area is 166 Å². The van der Waals surface area contributed by atoms with Gasteiger partial charge in [0.2, 0.25) is 0 Å². The van der Waals surface area contributed by atoms with Crippen molar-refractivity contribution in [1.82, 2.24) is 15.0 Å². The zero-order valence-electron chi connectivity index (χ0n) is 15.4. The average molecular weight is 393 g/mol. The first kappa shape index (κ1) is 19.6. The van der Waals surface area contributed by atoms with E-state index in [1.165, 1.54) is 12.1 Å². The van der Waals surface area contributed by atoms with Gasteiger partial charge < -0.3 is 4.98 Å². The van der Waals surface area contributed by atoms with Gasteiger partial charge in [-0.15, -0.1) is 0 Å². The number of H-pyrrole nitrogens is 1. The van der Waals surface area contributed by atoms with Crippen LogP contribution in [0.25, 0.3) is 22.5 Å². The molecular formula is C22H20FN3OS. The van der Waals surface area contributed by atoms with Crippen LogP contribution in [-0.4, -0.2) is 25.4 Å². The Morgan fingerprint density at radius 3 is 2.54 bits per heavy atom. The van der Waals surface area contributed by atoms with Gasteiger partial charge in [-0.3, -0.25) is 9.19 Å². The third-order valence-electron chi connectivity index (χ3n) is 4.05. The number of nitrogens with zero attached hydrogens (tertiary/aromatic N) is 2. The van der Waals surface area contributed by atoms with Gasteiger partial charge in [0.15, 0.2) is 0 Å². The minimum Gasteiger partial charge on any atom is -0.341 e. The molecule has 0 saturated carbocycles. The number of halogens is 1. The van der Waals surface area contributed by atoms with Crippen molar-refractivity contribution in [2.75, 3.05) is 6.26 Å².